The number of rotatable bonds is 4. The Kier molecular flexibility index (Phi) is 7.69. The van der Waals surface area contributed by atoms with Crippen molar-refractivity contribution in [1.29, 1.82) is 0 Å². The van der Waals surface area contributed by atoms with Crippen LogP contribution in [0.1, 0.15) is 21.7 Å². The largest absolute Gasteiger partial charge is 0.391 e. The maximum Gasteiger partial charge on any atom is 0.253 e. The third-order valence-electron chi connectivity index (χ3n) is 4.12. The highest BCUT2D eigenvalue weighted by molar-refractivity contribution is 7.12. The number of aromatic nitrogens is 2. The van der Waals surface area contributed by atoms with Crippen molar-refractivity contribution < 1.29 is 9.90 Å². The Balaban J connectivity index is 0.00000144. The number of hydrogen-bond donors (Lipinski definition) is 3. The van der Waals surface area contributed by atoms with Crippen molar-refractivity contribution in [2.45, 2.75) is 20.0 Å². The van der Waals surface area contributed by atoms with Crippen LogP contribution in [0.2, 0.25) is 0 Å². The van der Waals surface area contributed by atoms with Crippen molar-refractivity contribution in [3.63, 3.8) is 0 Å². The van der Waals surface area contributed by atoms with Gasteiger partial charge in [-0.15, -0.1) is 36.2 Å². The van der Waals surface area contributed by atoms with Crippen LogP contribution in [0.25, 0.3) is 5.13 Å². The Bertz CT molecular complexity index is 675. The van der Waals surface area contributed by atoms with Crippen LogP contribution in [-0.2, 0) is 0 Å². The van der Waals surface area contributed by atoms with Crippen LogP contribution >= 0.6 is 36.2 Å². The minimum atomic E-state index is -0.386. The van der Waals surface area contributed by atoms with Gasteiger partial charge in [0.05, 0.1) is 11.7 Å². The standard InChI is InChI=1S/C15H20N4O2S.2ClH/c1-9-5-12(10(2)19(9)15-17-3-4-22-15)14(21)18-7-11-6-16-8-13(11)20;;/h3-5,11,13,16,20H,6-8H2,1-2H3,(H,18,21);2*1H. The first-order chi connectivity index (χ1) is 10.6. The summed E-state index contributed by atoms with van der Waals surface area (Å²) in [4.78, 5) is 16.7. The molecule has 6 nitrogen and oxygen atoms in total. The van der Waals surface area contributed by atoms with Crippen molar-refractivity contribution in [2.24, 2.45) is 5.92 Å². The minimum absolute atomic E-state index is 0. The van der Waals surface area contributed by atoms with Crippen LogP contribution in [0.5, 0.6) is 0 Å². The molecular formula is C15H22Cl2N4O2S. The number of thiazole rings is 1. The summed E-state index contributed by atoms with van der Waals surface area (Å²) >= 11 is 1.54. The molecule has 1 amide bonds. The van der Waals surface area contributed by atoms with Gasteiger partial charge in [-0.2, -0.15) is 0 Å². The SMILES string of the molecule is Cc1cc(C(=O)NCC2CNCC2O)c(C)n1-c1nccs1.Cl.Cl. The summed E-state index contributed by atoms with van der Waals surface area (Å²) in [6.07, 6.45) is 1.37. The Morgan fingerprint density at radius 1 is 1.46 bits per heavy atom. The molecule has 1 fully saturated rings. The molecule has 2 aromatic rings. The van der Waals surface area contributed by atoms with E-state index in [1.54, 1.807) is 17.5 Å². The molecule has 2 unspecified atom stereocenters. The predicted octanol–water partition coefficient (Wildman–Crippen LogP) is 1.70. The number of β-amino-alcohol motifs (C(OH)–C–C–N with tert-alkyl or cyclic N) is 1. The molecule has 0 aromatic carbocycles. The fraction of sp³-hybridized carbons (Fsp3) is 0.467. The number of nitrogens with zero attached hydrogens (tertiary/aromatic N) is 2. The van der Waals surface area contributed by atoms with Gasteiger partial charge in [0, 0.05) is 48.5 Å². The second-order valence-electron chi connectivity index (χ2n) is 5.63. The lowest BCUT2D eigenvalue weighted by molar-refractivity contribution is 0.0926. The smallest absolute Gasteiger partial charge is 0.253 e. The maximum absolute atomic E-state index is 12.4. The van der Waals surface area contributed by atoms with Gasteiger partial charge in [-0.3, -0.25) is 9.36 Å². The minimum Gasteiger partial charge on any atom is -0.391 e. The van der Waals surface area contributed by atoms with E-state index in [0.29, 0.717) is 18.7 Å². The lowest BCUT2D eigenvalue weighted by atomic mass is 10.1. The molecule has 2 aromatic heterocycles. The van der Waals surface area contributed by atoms with E-state index in [2.05, 4.69) is 15.6 Å². The van der Waals surface area contributed by atoms with E-state index < -0.39 is 0 Å². The molecule has 134 valence electrons. The third-order valence-corrected chi connectivity index (χ3v) is 4.87. The summed E-state index contributed by atoms with van der Waals surface area (Å²) in [5.41, 5.74) is 2.53. The van der Waals surface area contributed by atoms with Gasteiger partial charge >= 0.3 is 0 Å². The van der Waals surface area contributed by atoms with Gasteiger partial charge in [0.1, 0.15) is 0 Å². The van der Waals surface area contributed by atoms with Crippen molar-refractivity contribution in [1.82, 2.24) is 20.2 Å². The zero-order valence-electron chi connectivity index (χ0n) is 13.5. The van der Waals surface area contributed by atoms with Gasteiger partial charge in [0.25, 0.3) is 5.91 Å². The zero-order valence-corrected chi connectivity index (χ0v) is 15.9. The zero-order chi connectivity index (χ0) is 15.7. The van der Waals surface area contributed by atoms with E-state index in [1.165, 1.54) is 0 Å². The highest BCUT2D eigenvalue weighted by Crippen LogP contribution is 2.22. The van der Waals surface area contributed by atoms with Crippen molar-refractivity contribution in [2.75, 3.05) is 19.6 Å². The Morgan fingerprint density at radius 3 is 2.79 bits per heavy atom. The van der Waals surface area contributed by atoms with Crippen LogP contribution in [0.3, 0.4) is 0 Å². The van der Waals surface area contributed by atoms with Crippen molar-refractivity contribution >= 4 is 42.1 Å². The molecule has 9 heteroatoms. The molecule has 3 heterocycles. The number of aliphatic hydroxyl groups is 1. The average molecular weight is 393 g/mol. The molecule has 0 saturated carbocycles. The number of carbonyl (C=O) groups is 1. The molecular weight excluding hydrogens is 371 g/mol. The van der Waals surface area contributed by atoms with Crippen LogP contribution in [0.4, 0.5) is 0 Å². The molecule has 0 radical (unpaired) electrons. The van der Waals surface area contributed by atoms with Gasteiger partial charge in [-0.05, 0) is 19.9 Å². The van der Waals surface area contributed by atoms with E-state index in [9.17, 15) is 9.90 Å². The van der Waals surface area contributed by atoms with Crippen LogP contribution < -0.4 is 10.6 Å². The molecule has 1 aliphatic rings. The maximum atomic E-state index is 12.4. The van der Waals surface area contributed by atoms with E-state index in [0.717, 1.165) is 23.1 Å². The number of carbonyl (C=O) groups excluding carboxylic acids is 1. The first-order valence-corrected chi connectivity index (χ1v) is 8.21. The molecule has 3 N–H and O–H groups in total. The number of aliphatic hydroxyl groups excluding tert-OH is 1. The van der Waals surface area contributed by atoms with E-state index in [1.807, 2.05) is 29.9 Å². The second-order valence-corrected chi connectivity index (χ2v) is 6.50. The van der Waals surface area contributed by atoms with Crippen LogP contribution in [0.15, 0.2) is 17.6 Å². The summed E-state index contributed by atoms with van der Waals surface area (Å²) < 4.78 is 1.99. The molecule has 0 aliphatic carbocycles. The summed E-state index contributed by atoms with van der Waals surface area (Å²) in [7, 11) is 0. The Labute approximate surface area is 157 Å². The lowest BCUT2D eigenvalue weighted by Gasteiger charge is -2.14. The van der Waals surface area contributed by atoms with Crippen LogP contribution in [0, 0.1) is 19.8 Å². The molecule has 0 bridgehead atoms. The second kappa shape index (κ2) is 8.82. The number of halogens is 2. The molecule has 24 heavy (non-hydrogen) atoms. The fourth-order valence-corrected chi connectivity index (χ4v) is 3.61. The highest BCUT2D eigenvalue weighted by atomic mass is 35.5. The van der Waals surface area contributed by atoms with Gasteiger partial charge in [0.15, 0.2) is 5.13 Å². The lowest BCUT2D eigenvalue weighted by Crippen LogP contribution is -2.34. The van der Waals surface area contributed by atoms with E-state index in [-0.39, 0.29) is 42.7 Å². The topological polar surface area (TPSA) is 79.2 Å². The highest BCUT2D eigenvalue weighted by Gasteiger charge is 2.26. The summed E-state index contributed by atoms with van der Waals surface area (Å²) in [5, 5.41) is 18.6. The first-order valence-electron chi connectivity index (χ1n) is 7.33. The summed E-state index contributed by atoms with van der Waals surface area (Å²) in [6, 6.07) is 1.88. The number of hydrogen-bond acceptors (Lipinski definition) is 5. The summed E-state index contributed by atoms with van der Waals surface area (Å²) in [5.74, 6) is -0.0265. The van der Waals surface area contributed by atoms with E-state index in [4.69, 9.17) is 0 Å². The van der Waals surface area contributed by atoms with Gasteiger partial charge < -0.3 is 15.7 Å². The quantitative estimate of drug-likeness (QED) is 0.739. The van der Waals surface area contributed by atoms with Gasteiger partial charge in [-0.1, -0.05) is 0 Å². The van der Waals surface area contributed by atoms with E-state index >= 15 is 0 Å². The normalized spacial score (nSPS) is 19.5. The molecule has 2 atom stereocenters. The van der Waals surface area contributed by atoms with Gasteiger partial charge in [0.2, 0.25) is 0 Å². The molecule has 0 spiro atoms. The molecule has 1 saturated heterocycles. The fourth-order valence-electron chi connectivity index (χ4n) is 2.86. The molecule has 3 rings (SSSR count). The first kappa shape index (κ1) is 20.9. The van der Waals surface area contributed by atoms with Gasteiger partial charge in [-0.25, -0.2) is 4.98 Å². The number of aryl methyl sites for hydroxylation is 1. The van der Waals surface area contributed by atoms with Crippen molar-refractivity contribution in [3.05, 3.63) is 34.6 Å². The third kappa shape index (κ3) is 4.10. The predicted molar refractivity (Wildman–Crippen MR) is 100 cm³/mol. The Hall–Kier alpha value is -1.12. The number of amides is 1. The Morgan fingerprint density at radius 2 is 2.21 bits per heavy atom. The van der Waals surface area contributed by atoms with Crippen LogP contribution in [-0.4, -0.2) is 46.3 Å². The molecule has 1 aliphatic heterocycles. The van der Waals surface area contributed by atoms with Crippen molar-refractivity contribution in [3.8, 4) is 5.13 Å². The summed E-state index contributed by atoms with van der Waals surface area (Å²) in [6.45, 7) is 5.71. The average Bonchev–Trinajstić information content (AvgIpc) is 3.18. The number of nitrogens with one attached hydrogen (secondary N) is 2. The monoisotopic (exact) mass is 392 g/mol.